The molecule has 2 aromatic heterocycles. The second-order valence-corrected chi connectivity index (χ2v) is 9.15. The summed E-state index contributed by atoms with van der Waals surface area (Å²) < 4.78 is 0. The van der Waals surface area contributed by atoms with Gasteiger partial charge in [0.1, 0.15) is 16.7 Å². The number of aliphatic hydroxyl groups excluding tert-OH is 1. The molecular formula is C18H21Cl2N5OS. The minimum Gasteiger partial charge on any atom is -0.393 e. The van der Waals surface area contributed by atoms with E-state index in [2.05, 4.69) is 19.9 Å². The third-order valence-corrected chi connectivity index (χ3v) is 7.38. The molecule has 1 aliphatic heterocycles. The summed E-state index contributed by atoms with van der Waals surface area (Å²) in [4.78, 5) is 16.0. The number of piperidine rings is 1. The molecule has 0 amide bonds. The molecule has 0 aromatic carbocycles. The molecule has 1 saturated heterocycles. The van der Waals surface area contributed by atoms with Crippen LogP contribution in [0.2, 0.25) is 10.2 Å². The molecule has 6 nitrogen and oxygen atoms in total. The van der Waals surface area contributed by atoms with Gasteiger partial charge < -0.3 is 15.7 Å². The Hall–Kier alpha value is -1.28. The predicted molar refractivity (Wildman–Crippen MR) is 109 cm³/mol. The molecule has 2 aromatic rings. The molecule has 1 saturated carbocycles. The van der Waals surface area contributed by atoms with Crippen LogP contribution in [0.4, 0.5) is 11.6 Å². The highest BCUT2D eigenvalue weighted by Gasteiger charge is 2.40. The van der Waals surface area contributed by atoms with Crippen LogP contribution in [0.15, 0.2) is 28.4 Å². The minimum atomic E-state index is -0.116. The van der Waals surface area contributed by atoms with E-state index in [4.69, 9.17) is 28.9 Å². The van der Waals surface area contributed by atoms with Gasteiger partial charge in [-0.3, -0.25) is 0 Å². The van der Waals surface area contributed by atoms with Crippen LogP contribution >= 0.6 is 35.0 Å². The van der Waals surface area contributed by atoms with Crippen LogP contribution in [0, 0.1) is 5.41 Å². The molecule has 27 heavy (non-hydrogen) atoms. The second-order valence-electron chi connectivity index (χ2n) is 7.35. The van der Waals surface area contributed by atoms with Crippen molar-refractivity contribution in [1.29, 1.82) is 0 Å². The van der Waals surface area contributed by atoms with E-state index in [-0.39, 0.29) is 11.3 Å². The maximum atomic E-state index is 9.87. The molecule has 0 unspecified atom stereocenters. The Labute approximate surface area is 172 Å². The van der Waals surface area contributed by atoms with Crippen molar-refractivity contribution in [2.75, 3.05) is 23.7 Å². The molecule has 1 aliphatic carbocycles. The Kier molecular flexibility index (Phi) is 5.38. The maximum Gasteiger partial charge on any atom is 0.151 e. The van der Waals surface area contributed by atoms with Crippen LogP contribution < -0.4 is 10.6 Å². The number of hydrogen-bond acceptors (Lipinski definition) is 7. The van der Waals surface area contributed by atoms with E-state index in [1.165, 1.54) is 11.8 Å². The van der Waals surface area contributed by atoms with Gasteiger partial charge in [0.2, 0.25) is 0 Å². The van der Waals surface area contributed by atoms with E-state index >= 15 is 0 Å². The van der Waals surface area contributed by atoms with Crippen LogP contribution in [-0.2, 0) is 0 Å². The summed E-state index contributed by atoms with van der Waals surface area (Å²) in [6.45, 7) is 1.91. The number of rotatable bonds is 3. The SMILES string of the molecule is Nc1cc(Sc2cnc(N3CCC4(CC[C@@H](O)C4)CC3)cn2)c(Cl)c(Cl)n1. The van der Waals surface area contributed by atoms with Gasteiger partial charge in [0.25, 0.3) is 0 Å². The van der Waals surface area contributed by atoms with Gasteiger partial charge in [-0.25, -0.2) is 15.0 Å². The van der Waals surface area contributed by atoms with Gasteiger partial charge >= 0.3 is 0 Å². The molecule has 0 radical (unpaired) electrons. The molecule has 3 heterocycles. The van der Waals surface area contributed by atoms with Gasteiger partial charge in [-0.05, 0) is 43.6 Å². The van der Waals surface area contributed by atoms with Gasteiger partial charge in [0, 0.05) is 18.0 Å². The Morgan fingerprint density at radius 2 is 1.96 bits per heavy atom. The lowest BCUT2D eigenvalue weighted by atomic mass is 9.77. The number of nitrogens with two attached hydrogens (primary N) is 1. The number of nitrogens with zero attached hydrogens (tertiary/aromatic N) is 4. The zero-order valence-electron chi connectivity index (χ0n) is 14.7. The van der Waals surface area contributed by atoms with Gasteiger partial charge in [0.15, 0.2) is 5.15 Å². The van der Waals surface area contributed by atoms with Crippen molar-refractivity contribution in [2.24, 2.45) is 5.41 Å². The summed E-state index contributed by atoms with van der Waals surface area (Å²) >= 11 is 13.5. The van der Waals surface area contributed by atoms with Gasteiger partial charge in [-0.2, -0.15) is 0 Å². The predicted octanol–water partition coefficient (Wildman–Crippen LogP) is 4.04. The van der Waals surface area contributed by atoms with Crippen molar-refractivity contribution < 1.29 is 5.11 Å². The van der Waals surface area contributed by atoms with Crippen LogP contribution in [0.25, 0.3) is 0 Å². The number of nitrogen functional groups attached to an aromatic ring is 1. The average Bonchev–Trinajstić information content (AvgIpc) is 3.01. The van der Waals surface area contributed by atoms with Crippen molar-refractivity contribution in [2.45, 2.75) is 48.1 Å². The standard InChI is InChI=1S/C18H21Cl2N5OS/c19-16-12(7-13(21)24-17(16)20)27-15-10-22-14(9-23-15)25-5-3-18(4-6-25)2-1-11(26)8-18/h7,9-11,26H,1-6,8H2,(H2,21,24)/t11-/m1/s1. The van der Waals surface area contributed by atoms with Gasteiger partial charge in [-0.15, -0.1) is 0 Å². The molecule has 144 valence electrons. The number of hydrogen-bond donors (Lipinski definition) is 2. The fourth-order valence-corrected chi connectivity index (χ4v) is 5.32. The molecule has 9 heteroatoms. The first kappa shape index (κ1) is 19.1. The van der Waals surface area contributed by atoms with E-state index in [0.717, 1.165) is 56.0 Å². The highest BCUT2D eigenvalue weighted by Crippen LogP contribution is 2.46. The number of aliphatic hydroxyl groups is 1. The van der Waals surface area contributed by atoms with E-state index in [0.29, 0.717) is 21.2 Å². The zero-order valence-corrected chi connectivity index (χ0v) is 17.1. The van der Waals surface area contributed by atoms with Crippen molar-refractivity contribution in [3.63, 3.8) is 0 Å². The van der Waals surface area contributed by atoms with E-state index in [1.54, 1.807) is 18.5 Å². The average molecular weight is 426 g/mol. The summed E-state index contributed by atoms with van der Waals surface area (Å²) in [6, 6.07) is 1.68. The molecule has 2 aliphatic rings. The topological polar surface area (TPSA) is 88.2 Å². The monoisotopic (exact) mass is 425 g/mol. The molecule has 1 spiro atoms. The fourth-order valence-electron chi connectivity index (χ4n) is 4.05. The van der Waals surface area contributed by atoms with Crippen LogP contribution in [0.5, 0.6) is 0 Å². The highest BCUT2D eigenvalue weighted by atomic mass is 35.5. The van der Waals surface area contributed by atoms with Crippen LogP contribution in [0.1, 0.15) is 32.1 Å². The number of aromatic nitrogens is 3. The summed E-state index contributed by atoms with van der Waals surface area (Å²) in [7, 11) is 0. The van der Waals surface area contributed by atoms with Crippen molar-refractivity contribution in [3.8, 4) is 0 Å². The number of pyridine rings is 1. The van der Waals surface area contributed by atoms with E-state index in [9.17, 15) is 5.11 Å². The molecule has 2 fully saturated rings. The first-order chi connectivity index (χ1) is 12.9. The zero-order chi connectivity index (χ0) is 19.0. The first-order valence-corrected chi connectivity index (χ1v) is 10.6. The summed E-state index contributed by atoms with van der Waals surface area (Å²) in [5, 5.41) is 11.1. The molecule has 3 N–H and O–H groups in total. The highest BCUT2D eigenvalue weighted by molar-refractivity contribution is 7.99. The quantitative estimate of drug-likeness (QED) is 0.716. The largest absolute Gasteiger partial charge is 0.393 e. The molecular weight excluding hydrogens is 405 g/mol. The van der Waals surface area contributed by atoms with Gasteiger partial charge in [-0.1, -0.05) is 35.0 Å². The smallest absolute Gasteiger partial charge is 0.151 e. The Morgan fingerprint density at radius 3 is 2.59 bits per heavy atom. The molecule has 4 rings (SSSR count). The summed E-state index contributed by atoms with van der Waals surface area (Å²) in [5.41, 5.74) is 6.07. The van der Waals surface area contributed by atoms with Crippen LogP contribution in [0.3, 0.4) is 0 Å². The first-order valence-electron chi connectivity index (χ1n) is 8.99. The van der Waals surface area contributed by atoms with Crippen LogP contribution in [-0.4, -0.2) is 39.3 Å². The number of anilines is 2. The normalized spacial score (nSPS) is 21.7. The molecule has 0 bridgehead atoms. The minimum absolute atomic E-state index is 0.116. The second kappa shape index (κ2) is 7.62. The Bertz CT molecular complexity index is 827. The number of halogens is 2. The summed E-state index contributed by atoms with van der Waals surface area (Å²) in [6.07, 6.45) is 8.66. The van der Waals surface area contributed by atoms with Crippen molar-refractivity contribution in [1.82, 2.24) is 15.0 Å². The maximum absolute atomic E-state index is 9.87. The third-order valence-electron chi connectivity index (χ3n) is 5.56. The van der Waals surface area contributed by atoms with Crippen molar-refractivity contribution in [3.05, 3.63) is 28.6 Å². The van der Waals surface area contributed by atoms with Crippen molar-refractivity contribution >= 4 is 46.6 Å². The third kappa shape index (κ3) is 4.11. The lowest BCUT2D eigenvalue weighted by molar-refractivity contribution is 0.144. The molecule has 1 atom stereocenters. The van der Waals surface area contributed by atoms with E-state index < -0.39 is 0 Å². The Balaban J connectivity index is 1.41. The lowest BCUT2D eigenvalue weighted by Crippen LogP contribution is -2.39. The Morgan fingerprint density at radius 1 is 1.19 bits per heavy atom. The van der Waals surface area contributed by atoms with E-state index in [1.807, 2.05) is 0 Å². The fraction of sp³-hybridized carbons (Fsp3) is 0.500. The lowest BCUT2D eigenvalue weighted by Gasteiger charge is -2.39. The van der Waals surface area contributed by atoms with Gasteiger partial charge in [0.05, 0.1) is 23.5 Å². The summed E-state index contributed by atoms with van der Waals surface area (Å²) in [5.74, 6) is 1.20.